The van der Waals surface area contributed by atoms with Crippen LogP contribution in [-0.2, 0) is 16.4 Å². The second-order valence-electron chi connectivity index (χ2n) is 4.80. The second kappa shape index (κ2) is 7.03. The largest absolute Gasteiger partial charge is 0.319 e. The summed E-state index contributed by atoms with van der Waals surface area (Å²) in [5.41, 5.74) is 1.14. The molecule has 0 radical (unpaired) electrons. The number of likely N-dealkylation sites (N-methyl/N-ethyl adjacent to an activating group) is 1. The third-order valence-electron chi connectivity index (χ3n) is 3.08. The lowest BCUT2D eigenvalue weighted by atomic mass is 10.1. The van der Waals surface area contributed by atoms with E-state index in [4.69, 9.17) is 0 Å². The molecule has 19 heavy (non-hydrogen) atoms. The Bertz CT molecular complexity index is 481. The molecule has 0 unspecified atom stereocenters. The van der Waals surface area contributed by atoms with Crippen LogP contribution in [0.2, 0.25) is 0 Å². The zero-order chi connectivity index (χ0) is 14.5. The van der Waals surface area contributed by atoms with Crippen LogP contribution in [0, 0.1) is 0 Å². The van der Waals surface area contributed by atoms with Gasteiger partial charge in [0.25, 0.3) is 0 Å². The summed E-state index contributed by atoms with van der Waals surface area (Å²) in [5, 5.41) is 3.08. The molecular formula is C14H24N2O2S. The van der Waals surface area contributed by atoms with Crippen LogP contribution in [0.25, 0.3) is 0 Å². The van der Waals surface area contributed by atoms with E-state index in [1.54, 1.807) is 12.1 Å². The molecule has 0 saturated carbocycles. The third-order valence-corrected chi connectivity index (χ3v) is 5.25. The summed E-state index contributed by atoms with van der Waals surface area (Å²) in [7, 11) is -1.47. The standard InChI is InChI=1S/C14H24N2O2S/c1-5-16(12(2)3)19(17,18)14-8-6-13(7-9-14)10-11-15-4/h6-9,12,15H,5,10-11H2,1-4H3. The van der Waals surface area contributed by atoms with Crippen LogP contribution in [0.3, 0.4) is 0 Å². The highest BCUT2D eigenvalue weighted by Gasteiger charge is 2.25. The first-order valence-electron chi connectivity index (χ1n) is 6.68. The maximum Gasteiger partial charge on any atom is 0.243 e. The van der Waals surface area contributed by atoms with Crippen molar-refractivity contribution < 1.29 is 8.42 Å². The Kier molecular flexibility index (Phi) is 5.97. The Labute approximate surface area is 116 Å². The topological polar surface area (TPSA) is 49.4 Å². The molecule has 0 fully saturated rings. The van der Waals surface area contributed by atoms with Gasteiger partial charge < -0.3 is 5.32 Å². The van der Waals surface area contributed by atoms with Gasteiger partial charge in [-0.15, -0.1) is 0 Å². The quantitative estimate of drug-likeness (QED) is 0.831. The zero-order valence-electron chi connectivity index (χ0n) is 12.2. The molecule has 5 heteroatoms. The SMILES string of the molecule is CCN(C(C)C)S(=O)(=O)c1ccc(CCNC)cc1. The minimum Gasteiger partial charge on any atom is -0.319 e. The minimum absolute atomic E-state index is 0.0287. The van der Waals surface area contributed by atoms with E-state index in [1.165, 1.54) is 4.31 Å². The molecule has 0 heterocycles. The van der Waals surface area contributed by atoms with Crippen LogP contribution in [-0.4, -0.2) is 38.9 Å². The van der Waals surface area contributed by atoms with Gasteiger partial charge in [-0.2, -0.15) is 4.31 Å². The number of hydrogen-bond donors (Lipinski definition) is 1. The van der Waals surface area contributed by atoms with Gasteiger partial charge in [0.15, 0.2) is 0 Å². The Balaban J connectivity index is 2.96. The minimum atomic E-state index is -3.37. The van der Waals surface area contributed by atoms with Crippen LogP contribution in [0.5, 0.6) is 0 Å². The molecule has 1 aromatic rings. The fourth-order valence-electron chi connectivity index (χ4n) is 2.05. The first kappa shape index (κ1) is 16.1. The van der Waals surface area contributed by atoms with Crippen LogP contribution < -0.4 is 5.32 Å². The summed E-state index contributed by atoms with van der Waals surface area (Å²) in [6.45, 7) is 7.02. The Morgan fingerprint density at radius 3 is 2.21 bits per heavy atom. The second-order valence-corrected chi connectivity index (χ2v) is 6.69. The third kappa shape index (κ3) is 4.03. The van der Waals surface area contributed by atoms with Gasteiger partial charge >= 0.3 is 0 Å². The van der Waals surface area contributed by atoms with E-state index in [2.05, 4.69) is 5.32 Å². The molecular weight excluding hydrogens is 260 g/mol. The van der Waals surface area contributed by atoms with Crippen LogP contribution in [0.15, 0.2) is 29.2 Å². The number of rotatable bonds is 7. The number of hydrogen-bond acceptors (Lipinski definition) is 3. The molecule has 0 aliphatic rings. The average molecular weight is 284 g/mol. The first-order chi connectivity index (χ1) is 8.93. The van der Waals surface area contributed by atoms with Gasteiger partial charge in [-0.25, -0.2) is 8.42 Å². The van der Waals surface area contributed by atoms with Crippen LogP contribution in [0.1, 0.15) is 26.3 Å². The maximum absolute atomic E-state index is 12.4. The summed E-state index contributed by atoms with van der Waals surface area (Å²) >= 11 is 0. The van der Waals surface area contributed by atoms with E-state index in [0.29, 0.717) is 11.4 Å². The van der Waals surface area contributed by atoms with E-state index in [-0.39, 0.29) is 6.04 Å². The summed E-state index contributed by atoms with van der Waals surface area (Å²) in [6.07, 6.45) is 0.901. The average Bonchev–Trinajstić information content (AvgIpc) is 2.36. The number of sulfonamides is 1. The maximum atomic E-state index is 12.4. The molecule has 0 atom stereocenters. The Hall–Kier alpha value is -0.910. The van der Waals surface area contributed by atoms with E-state index in [0.717, 1.165) is 18.5 Å². The molecule has 0 bridgehead atoms. The van der Waals surface area contributed by atoms with Crippen LogP contribution >= 0.6 is 0 Å². The normalized spacial score (nSPS) is 12.3. The summed E-state index contributed by atoms with van der Waals surface area (Å²) in [4.78, 5) is 0.372. The Morgan fingerprint density at radius 2 is 1.79 bits per heavy atom. The van der Waals surface area contributed by atoms with E-state index in [9.17, 15) is 8.42 Å². The highest BCUT2D eigenvalue weighted by molar-refractivity contribution is 7.89. The van der Waals surface area contributed by atoms with E-state index >= 15 is 0 Å². The van der Waals surface area contributed by atoms with Gasteiger partial charge in [0.2, 0.25) is 10.0 Å². The van der Waals surface area contributed by atoms with Gasteiger partial charge in [0.05, 0.1) is 4.90 Å². The van der Waals surface area contributed by atoms with Crippen molar-refractivity contribution in [1.29, 1.82) is 0 Å². The van der Waals surface area contributed by atoms with Crippen molar-refractivity contribution in [3.63, 3.8) is 0 Å². The van der Waals surface area contributed by atoms with E-state index in [1.807, 2.05) is 40.0 Å². The molecule has 108 valence electrons. The molecule has 1 aromatic carbocycles. The molecule has 0 aromatic heterocycles. The summed E-state index contributed by atoms with van der Waals surface area (Å²) < 4.78 is 26.4. The van der Waals surface area contributed by atoms with Gasteiger partial charge in [-0.1, -0.05) is 19.1 Å². The zero-order valence-corrected chi connectivity index (χ0v) is 13.0. The smallest absolute Gasteiger partial charge is 0.243 e. The van der Waals surface area contributed by atoms with Crippen molar-refractivity contribution in [2.75, 3.05) is 20.1 Å². The molecule has 0 saturated heterocycles. The molecule has 1 rings (SSSR count). The van der Waals surface area contributed by atoms with Crippen molar-refractivity contribution >= 4 is 10.0 Å². The van der Waals surface area contributed by atoms with Gasteiger partial charge in [-0.3, -0.25) is 0 Å². The van der Waals surface area contributed by atoms with Gasteiger partial charge in [0.1, 0.15) is 0 Å². The molecule has 0 aliphatic heterocycles. The number of nitrogens with one attached hydrogen (secondary N) is 1. The van der Waals surface area contributed by atoms with Crippen molar-refractivity contribution in [2.24, 2.45) is 0 Å². The molecule has 1 N–H and O–H groups in total. The van der Waals surface area contributed by atoms with Crippen molar-refractivity contribution in [1.82, 2.24) is 9.62 Å². The monoisotopic (exact) mass is 284 g/mol. The fraction of sp³-hybridized carbons (Fsp3) is 0.571. The lowest BCUT2D eigenvalue weighted by Crippen LogP contribution is -2.36. The predicted molar refractivity (Wildman–Crippen MR) is 78.8 cm³/mol. The number of benzene rings is 1. The molecule has 0 amide bonds. The van der Waals surface area contributed by atoms with Crippen molar-refractivity contribution in [3.8, 4) is 0 Å². The summed E-state index contributed by atoms with van der Waals surface area (Å²) in [5.74, 6) is 0. The fourth-order valence-corrected chi connectivity index (χ4v) is 3.69. The van der Waals surface area contributed by atoms with Crippen molar-refractivity contribution in [3.05, 3.63) is 29.8 Å². The highest BCUT2D eigenvalue weighted by atomic mass is 32.2. The van der Waals surface area contributed by atoms with Crippen molar-refractivity contribution in [2.45, 2.75) is 38.1 Å². The number of nitrogens with zero attached hydrogens (tertiary/aromatic N) is 1. The molecule has 4 nitrogen and oxygen atoms in total. The van der Waals surface area contributed by atoms with Crippen LogP contribution in [0.4, 0.5) is 0 Å². The predicted octanol–water partition coefficient (Wildman–Crippen LogP) is 1.87. The summed E-state index contributed by atoms with van der Waals surface area (Å²) in [6, 6.07) is 7.15. The lowest BCUT2D eigenvalue weighted by Gasteiger charge is -2.24. The lowest BCUT2D eigenvalue weighted by molar-refractivity contribution is 0.369. The molecule has 0 aliphatic carbocycles. The van der Waals surface area contributed by atoms with E-state index < -0.39 is 10.0 Å². The van der Waals surface area contributed by atoms with Gasteiger partial charge in [-0.05, 0) is 51.6 Å². The van der Waals surface area contributed by atoms with Gasteiger partial charge in [0, 0.05) is 12.6 Å². The molecule has 0 spiro atoms. The first-order valence-corrected chi connectivity index (χ1v) is 8.12. The Morgan fingerprint density at radius 1 is 1.21 bits per heavy atom. The highest BCUT2D eigenvalue weighted by Crippen LogP contribution is 2.18.